The van der Waals surface area contributed by atoms with Crippen molar-refractivity contribution in [1.29, 1.82) is 0 Å². The van der Waals surface area contributed by atoms with Crippen molar-refractivity contribution in [3.05, 3.63) is 29.8 Å². The van der Waals surface area contributed by atoms with Crippen LogP contribution < -0.4 is 5.32 Å². The number of carboxylic acid groups (broad SMARTS) is 1. The van der Waals surface area contributed by atoms with Gasteiger partial charge in [-0.25, -0.2) is 8.42 Å². The number of nitrogens with zero attached hydrogens (tertiary/aromatic N) is 1. The van der Waals surface area contributed by atoms with Gasteiger partial charge in [-0.2, -0.15) is 4.31 Å². The lowest BCUT2D eigenvalue weighted by atomic mass is 10.1. The Morgan fingerprint density at radius 1 is 1.15 bits per heavy atom. The van der Waals surface area contributed by atoms with E-state index in [0.717, 1.165) is 5.56 Å². The highest BCUT2D eigenvalue weighted by atomic mass is 32.2. The third kappa shape index (κ3) is 5.52. The molecule has 0 bridgehead atoms. The molecule has 7 nitrogen and oxygen atoms in total. The zero-order chi connectivity index (χ0) is 20.0. The fourth-order valence-electron chi connectivity index (χ4n) is 3.44. The molecule has 1 saturated carbocycles. The highest BCUT2D eigenvalue weighted by molar-refractivity contribution is 7.89. The van der Waals surface area contributed by atoms with Crippen LogP contribution in [0.3, 0.4) is 0 Å². The van der Waals surface area contributed by atoms with Crippen LogP contribution in [0, 0.1) is 5.92 Å². The number of carboxylic acids is 1. The number of benzene rings is 1. The summed E-state index contributed by atoms with van der Waals surface area (Å²) in [5.74, 6) is -1.27. The number of hydrogen-bond acceptors (Lipinski definition) is 4. The summed E-state index contributed by atoms with van der Waals surface area (Å²) in [7, 11) is -3.47. The molecule has 1 fully saturated rings. The molecular formula is C19H28N2O5S. The third-order valence-electron chi connectivity index (χ3n) is 5.05. The highest BCUT2D eigenvalue weighted by Crippen LogP contribution is 2.25. The highest BCUT2D eigenvalue weighted by Gasteiger charge is 2.30. The van der Waals surface area contributed by atoms with Crippen molar-refractivity contribution in [2.75, 3.05) is 13.1 Å². The first-order valence-corrected chi connectivity index (χ1v) is 10.8. The summed E-state index contributed by atoms with van der Waals surface area (Å²) in [4.78, 5) is 23.3. The van der Waals surface area contributed by atoms with Crippen molar-refractivity contribution in [3.63, 3.8) is 0 Å². The Kier molecular flexibility index (Phi) is 7.38. The molecule has 0 heterocycles. The van der Waals surface area contributed by atoms with Crippen molar-refractivity contribution in [2.24, 2.45) is 5.92 Å². The first-order valence-electron chi connectivity index (χ1n) is 9.39. The SMILES string of the molecule is CCN(CC)S(=O)(=O)c1ccc(CCC(=O)N[C@@H]2CC[C@H](C(=O)O)C2)cc1. The number of hydrogen-bond donors (Lipinski definition) is 2. The normalized spacial score (nSPS) is 20.0. The van der Waals surface area contributed by atoms with Crippen LogP contribution in [0.5, 0.6) is 0 Å². The molecule has 1 aliphatic rings. The maximum Gasteiger partial charge on any atom is 0.306 e. The number of carbonyl (C=O) groups excluding carboxylic acids is 1. The predicted octanol–water partition coefficient (Wildman–Crippen LogP) is 2.02. The van der Waals surface area contributed by atoms with Gasteiger partial charge in [0.1, 0.15) is 0 Å². The van der Waals surface area contributed by atoms with E-state index in [0.29, 0.717) is 38.8 Å². The molecule has 1 aromatic rings. The van der Waals surface area contributed by atoms with Gasteiger partial charge in [-0.05, 0) is 43.4 Å². The Bertz CT molecular complexity index is 757. The number of aliphatic carboxylic acids is 1. The molecule has 1 aliphatic carbocycles. The molecule has 150 valence electrons. The molecule has 2 rings (SSSR count). The quantitative estimate of drug-likeness (QED) is 0.665. The van der Waals surface area contributed by atoms with Gasteiger partial charge >= 0.3 is 5.97 Å². The van der Waals surface area contributed by atoms with Gasteiger partial charge in [0.2, 0.25) is 15.9 Å². The van der Waals surface area contributed by atoms with E-state index in [-0.39, 0.29) is 29.2 Å². The van der Waals surface area contributed by atoms with Gasteiger partial charge < -0.3 is 10.4 Å². The standard InChI is InChI=1S/C19H28N2O5S/c1-3-21(4-2)27(25,26)17-10-5-14(6-11-17)7-12-18(22)20-16-9-8-15(13-16)19(23)24/h5-6,10-11,15-16H,3-4,7-9,12-13H2,1-2H3,(H,20,22)(H,23,24)/t15-,16+/m0/s1. The summed E-state index contributed by atoms with van der Waals surface area (Å²) < 4.78 is 26.3. The predicted molar refractivity (Wildman–Crippen MR) is 102 cm³/mol. The number of nitrogens with one attached hydrogen (secondary N) is 1. The molecule has 27 heavy (non-hydrogen) atoms. The second-order valence-corrected chi connectivity index (χ2v) is 8.78. The van der Waals surface area contributed by atoms with Crippen molar-refractivity contribution < 1.29 is 23.1 Å². The fourth-order valence-corrected chi connectivity index (χ4v) is 4.89. The van der Waals surface area contributed by atoms with E-state index in [1.165, 1.54) is 4.31 Å². The summed E-state index contributed by atoms with van der Waals surface area (Å²) in [6.07, 6.45) is 2.57. The van der Waals surface area contributed by atoms with Crippen LogP contribution in [0.2, 0.25) is 0 Å². The average molecular weight is 397 g/mol. The average Bonchev–Trinajstić information content (AvgIpc) is 3.10. The van der Waals surface area contributed by atoms with Crippen molar-refractivity contribution >= 4 is 21.9 Å². The Labute approximate surface area is 160 Å². The largest absolute Gasteiger partial charge is 0.481 e. The second-order valence-electron chi connectivity index (χ2n) is 6.85. The van der Waals surface area contributed by atoms with Crippen LogP contribution in [0.1, 0.15) is 45.1 Å². The van der Waals surface area contributed by atoms with E-state index in [1.807, 2.05) is 0 Å². The molecule has 0 radical (unpaired) electrons. The van der Waals surface area contributed by atoms with Gasteiger partial charge in [-0.15, -0.1) is 0 Å². The number of amides is 1. The minimum atomic E-state index is -3.47. The molecular weight excluding hydrogens is 368 g/mol. The molecule has 0 unspecified atom stereocenters. The number of rotatable bonds is 9. The van der Waals surface area contributed by atoms with Crippen molar-refractivity contribution in [3.8, 4) is 0 Å². The topological polar surface area (TPSA) is 104 Å². The van der Waals surface area contributed by atoms with Gasteiger partial charge in [0.05, 0.1) is 10.8 Å². The lowest BCUT2D eigenvalue weighted by molar-refractivity contribution is -0.141. The Morgan fingerprint density at radius 3 is 2.30 bits per heavy atom. The first-order chi connectivity index (χ1) is 12.8. The minimum absolute atomic E-state index is 0.0693. The maximum absolute atomic E-state index is 12.5. The van der Waals surface area contributed by atoms with Crippen LogP contribution in [0.4, 0.5) is 0 Å². The second kappa shape index (κ2) is 9.32. The zero-order valence-corrected chi connectivity index (χ0v) is 16.7. The molecule has 0 aromatic heterocycles. The van der Waals surface area contributed by atoms with Crippen LogP contribution in [-0.2, 0) is 26.0 Å². The van der Waals surface area contributed by atoms with Crippen LogP contribution >= 0.6 is 0 Å². The van der Waals surface area contributed by atoms with Gasteiger partial charge in [0.25, 0.3) is 0 Å². The monoisotopic (exact) mass is 396 g/mol. The molecule has 0 spiro atoms. The molecule has 2 N–H and O–H groups in total. The van der Waals surface area contributed by atoms with E-state index < -0.39 is 16.0 Å². The minimum Gasteiger partial charge on any atom is -0.481 e. The summed E-state index contributed by atoms with van der Waals surface area (Å²) >= 11 is 0. The number of aryl methyl sites for hydroxylation is 1. The smallest absolute Gasteiger partial charge is 0.306 e. The molecule has 0 aliphatic heterocycles. The van der Waals surface area contributed by atoms with Crippen LogP contribution in [-0.4, -0.2) is 48.8 Å². The molecule has 1 amide bonds. The molecule has 2 atom stereocenters. The summed E-state index contributed by atoms with van der Waals surface area (Å²) in [5, 5.41) is 11.9. The van der Waals surface area contributed by atoms with Crippen LogP contribution in [0.25, 0.3) is 0 Å². The van der Waals surface area contributed by atoms with Crippen molar-refractivity contribution in [1.82, 2.24) is 9.62 Å². The fraction of sp³-hybridized carbons (Fsp3) is 0.579. The number of sulfonamides is 1. The lowest BCUT2D eigenvalue weighted by Crippen LogP contribution is -2.33. The van der Waals surface area contributed by atoms with Gasteiger partial charge in [0, 0.05) is 25.6 Å². The first kappa shape index (κ1) is 21.4. The van der Waals surface area contributed by atoms with E-state index in [4.69, 9.17) is 5.11 Å². The Morgan fingerprint density at radius 2 is 1.78 bits per heavy atom. The summed E-state index contributed by atoms with van der Waals surface area (Å²) in [6.45, 7) is 4.45. The van der Waals surface area contributed by atoms with E-state index in [1.54, 1.807) is 38.1 Å². The molecule has 1 aromatic carbocycles. The Hall–Kier alpha value is -1.93. The van der Waals surface area contributed by atoms with Gasteiger partial charge in [-0.1, -0.05) is 26.0 Å². The van der Waals surface area contributed by atoms with Crippen LogP contribution in [0.15, 0.2) is 29.2 Å². The van der Waals surface area contributed by atoms with Crippen molar-refractivity contribution in [2.45, 2.75) is 56.9 Å². The van der Waals surface area contributed by atoms with E-state index in [9.17, 15) is 18.0 Å². The Balaban J connectivity index is 1.86. The van der Waals surface area contributed by atoms with Gasteiger partial charge in [0.15, 0.2) is 0 Å². The number of carbonyl (C=O) groups is 2. The summed E-state index contributed by atoms with van der Waals surface area (Å²) in [5.41, 5.74) is 0.887. The van der Waals surface area contributed by atoms with Gasteiger partial charge in [-0.3, -0.25) is 9.59 Å². The molecule has 0 saturated heterocycles. The summed E-state index contributed by atoms with van der Waals surface area (Å²) in [6, 6.07) is 6.56. The molecule has 8 heteroatoms. The third-order valence-corrected chi connectivity index (χ3v) is 7.12. The van der Waals surface area contributed by atoms with E-state index in [2.05, 4.69) is 5.32 Å². The zero-order valence-electron chi connectivity index (χ0n) is 15.8. The maximum atomic E-state index is 12.5. The lowest BCUT2D eigenvalue weighted by Gasteiger charge is -2.18. The van der Waals surface area contributed by atoms with E-state index >= 15 is 0 Å².